The standard InChI is InChI=1S/C20H21N3O2S/c24-26(25,13-15-6-2-1-3-7-15)23-19-11-5-8-16-17(19)9-4-10-18(16)20-12-21-14-22-20/h1-3,5-8,11-12,14,18,23H,4,9-10,13H2,(H,21,22). The molecule has 4 rings (SSSR count). The highest BCUT2D eigenvalue weighted by atomic mass is 32.2. The normalized spacial score (nSPS) is 16.8. The van der Waals surface area contributed by atoms with Gasteiger partial charge >= 0.3 is 0 Å². The van der Waals surface area contributed by atoms with Crippen molar-refractivity contribution < 1.29 is 8.42 Å². The van der Waals surface area contributed by atoms with E-state index in [1.807, 2.05) is 48.7 Å². The molecular formula is C20H21N3O2S. The second kappa shape index (κ2) is 6.96. The summed E-state index contributed by atoms with van der Waals surface area (Å²) in [5.41, 5.74) is 4.83. The second-order valence-electron chi connectivity index (χ2n) is 6.67. The minimum atomic E-state index is -3.46. The molecule has 0 fully saturated rings. The molecule has 1 aliphatic rings. The summed E-state index contributed by atoms with van der Waals surface area (Å²) in [6, 6.07) is 15.1. The van der Waals surface area contributed by atoms with E-state index in [0.717, 1.165) is 36.1 Å². The molecule has 0 spiro atoms. The zero-order chi connectivity index (χ0) is 18.0. The van der Waals surface area contributed by atoms with Crippen molar-refractivity contribution in [1.82, 2.24) is 9.97 Å². The fourth-order valence-electron chi connectivity index (χ4n) is 3.72. The summed E-state index contributed by atoms with van der Waals surface area (Å²) >= 11 is 0. The van der Waals surface area contributed by atoms with E-state index in [4.69, 9.17) is 0 Å². The molecule has 1 aromatic heterocycles. The smallest absolute Gasteiger partial charge is 0.236 e. The number of aromatic nitrogens is 2. The Morgan fingerprint density at radius 3 is 2.73 bits per heavy atom. The van der Waals surface area contributed by atoms with Crippen molar-refractivity contribution in [3.8, 4) is 0 Å². The third-order valence-electron chi connectivity index (χ3n) is 4.87. The van der Waals surface area contributed by atoms with Gasteiger partial charge in [0, 0.05) is 17.8 Å². The van der Waals surface area contributed by atoms with Crippen LogP contribution in [0.2, 0.25) is 0 Å². The van der Waals surface area contributed by atoms with E-state index in [9.17, 15) is 8.42 Å². The predicted octanol–water partition coefficient (Wildman–Crippen LogP) is 3.82. The van der Waals surface area contributed by atoms with Gasteiger partial charge in [0.1, 0.15) is 0 Å². The topological polar surface area (TPSA) is 74.8 Å². The maximum Gasteiger partial charge on any atom is 0.236 e. The van der Waals surface area contributed by atoms with E-state index in [1.54, 1.807) is 6.33 Å². The number of imidazole rings is 1. The van der Waals surface area contributed by atoms with Gasteiger partial charge < -0.3 is 4.98 Å². The molecule has 26 heavy (non-hydrogen) atoms. The van der Waals surface area contributed by atoms with Crippen molar-refractivity contribution in [2.45, 2.75) is 30.9 Å². The molecule has 1 atom stereocenters. The molecule has 2 N–H and O–H groups in total. The monoisotopic (exact) mass is 367 g/mol. The number of H-pyrrole nitrogens is 1. The lowest BCUT2D eigenvalue weighted by molar-refractivity contribution is 0.598. The highest BCUT2D eigenvalue weighted by Crippen LogP contribution is 2.39. The van der Waals surface area contributed by atoms with Crippen molar-refractivity contribution in [3.05, 3.63) is 83.4 Å². The summed E-state index contributed by atoms with van der Waals surface area (Å²) < 4.78 is 28.1. The number of anilines is 1. The van der Waals surface area contributed by atoms with Gasteiger partial charge in [-0.2, -0.15) is 0 Å². The van der Waals surface area contributed by atoms with Crippen LogP contribution in [0, 0.1) is 0 Å². The summed E-state index contributed by atoms with van der Waals surface area (Å²) in [6.07, 6.45) is 6.48. The Morgan fingerprint density at radius 2 is 1.96 bits per heavy atom. The van der Waals surface area contributed by atoms with Crippen molar-refractivity contribution in [3.63, 3.8) is 0 Å². The number of nitrogens with zero attached hydrogens (tertiary/aromatic N) is 1. The lowest BCUT2D eigenvalue weighted by Crippen LogP contribution is -2.19. The molecule has 1 aliphatic carbocycles. The number of aromatic amines is 1. The first-order valence-corrected chi connectivity index (χ1v) is 10.4. The Hall–Kier alpha value is -2.60. The summed E-state index contributed by atoms with van der Waals surface area (Å²) in [7, 11) is -3.46. The number of hydrogen-bond acceptors (Lipinski definition) is 3. The van der Waals surface area contributed by atoms with Crippen molar-refractivity contribution in [2.24, 2.45) is 0 Å². The van der Waals surface area contributed by atoms with E-state index in [-0.39, 0.29) is 11.7 Å². The average Bonchev–Trinajstić information content (AvgIpc) is 3.16. The molecule has 1 heterocycles. The zero-order valence-corrected chi connectivity index (χ0v) is 15.2. The lowest BCUT2D eigenvalue weighted by atomic mass is 9.80. The van der Waals surface area contributed by atoms with E-state index in [1.165, 1.54) is 5.56 Å². The van der Waals surface area contributed by atoms with Crippen LogP contribution >= 0.6 is 0 Å². The molecule has 3 aromatic rings. The van der Waals surface area contributed by atoms with Crippen LogP contribution in [0.15, 0.2) is 61.1 Å². The third-order valence-corrected chi connectivity index (χ3v) is 6.11. The first kappa shape index (κ1) is 16.8. The van der Waals surface area contributed by atoms with Gasteiger partial charge in [-0.05, 0) is 42.0 Å². The molecule has 0 amide bonds. The van der Waals surface area contributed by atoms with E-state index in [0.29, 0.717) is 5.69 Å². The SMILES string of the molecule is O=S(=O)(Cc1ccccc1)Nc1cccc2c1CCCC2c1cnc[nH]1. The number of nitrogens with one attached hydrogen (secondary N) is 2. The van der Waals surface area contributed by atoms with Crippen LogP contribution in [0.5, 0.6) is 0 Å². The minimum Gasteiger partial charge on any atom is -0.348 e. The summed E-state index contributed by atoms with van der Waals surface area (Å²) in [5, 5.41) is 0. The van der Waals surface area contributed by atoms with Crippen LogP contribution in [0.4, 0.5) is 5.69 Å². The largest absolute Gasteiger partial charge is 0.348 e. The molecule has 0 aliphatic heterocycles. The Kier molecular flexibility index (Phi) is 4.51. The van der Waals surface area contributed by atoms with Gasteiger partial charge in [0.05, 0.1) is 17.8 Å². The van der Waals surface area contributed by atoms with Crippen LogP contribution < -0.4 is 4.72 Å². The number of hydrogen-bond donors (Lipinski definition) is 2. The summed E-state index contributed by atoms with van der Waals surface area (Å²) in [6.45, 7) is 0. The zero-order valence-electron chi connectivity index (χ0n) is 14.4. The van der Waals surface area contributed by atoms with Crippen LogP contribution in [-0.4, -0.2) is 18.4 Å². The first-order chi connectivity index (χ1) is 12.6. The molecular weight excluding hydrogens is 346 g/mol. The molecule has 2 aromatic carbocycles. The number of rotatable bonds is 5. The Bertz CT molecular complexity index is 983. The molecule has 0 radical (unpaired) electrons. The van der Waals surface area contributed by atoms with Gasteiger partial charge in [0.25, 0.3) is 0 Å². The molecule has 0 saturated heterocycles. The molecule has 134 valence electrons. The van der Waals surface area contributed by atoms with Crippen molar-refractivity contribution >= 4 is 15.7 Å². The Morgan fingerprint density at radius 1 is 1.12 bits per heavy atom. The lowest BCUT2D eigenvalue weighted by Gasteiger charge is -2.27. The van der Waals surface area contributed by atoms with Gasteiger partial charge in [-0.25, -0.2) is 13.4 Å². The Balaban J connectivity index is 1.63. The molecule has 5 nitrogen and oxygen atoms in total. The molecule has 1 unspecified atom stereocenters. The highest BCUT2D eigenvalue weighted by Gasteiger charge is 2.25. The maximum absolute atomic E-state index is 12.6. The van der Waals surface area contributed by atoms with Gasteiger partial charge in [0.15, 0.2) is 0 Å². The van der Waals surface area contributed by atoms with Gasteiger partial charge in [-0.1, -0.05) is 42.5 Å². The Labute approximate surface area is 153 Å². The van der Waals surface area contributed by atoms with E-state index >= 15 is 0 Å². The maximum atomic E-state index is 12.6. The number of sulfonamides is 1. The fraction of sp³-hybridized carbons (Fsp3) is 0.250. The van der Waals surface area contributed by atoms with Gasteiger partial charge in [-0.15, -0.1) is 0 Å². The first-order valence-electron chi connectivity index (χ1n) is 8.77. The summed E-state index contributed by atoms with van der Waals surface area (Å²) in [5.74, 6) is 0.210. The summed E-state index contributed by atoms with van der Waals surface area (Å²) in [4.78, 5) is 7.33. The van der Waals surface area contributed by atoms with E-state index < -0.39 is 10.0 Å². The van der Waals surface area contributed by atoms with Gasteiger partial charge in [-0.3, -0.25) is 4.72 Å². The van der Waals surface area contributed by atoms with Crippen molar-refractivity contribution in [2.75, 3.05) is 4.72 Å². The highest BCUT2D eigenvalue weighted by molar-refractivity contribution is 7.91. The quantitative estimate of drug-likeness (QED) is 0.720. The molecule has 0 saturated carbocycles. The van der Waals surface area contributed by atoms with E-state index in [2.05, 4.69) is 20.8 Å². The van der Waals surface area contributed by atoms with Crippen LogP contribution in [0.3, 0.4) is 0 Å². The molecule has 6 heteroatoms. The number of benzene rings is 2. The fourth-order valence-corrected chi connectivity index (χ4v) is 4.95. The third kappa shape index (κ3) is 3.51. The average molecular weight is 367 g/mol. The van der Waals surface area contributed by atoms with Crippen LogP contribution in [-0.2, 0) is 22.2 Å². The van der Waals surface area contributed by atoms with Gasteiger partial charge in [0.2, 0.25) is 10.0 Å². The van der Waals surface area contributed by atoms with Crippen molar-refractivity contribution in [1.29, 1.82) is 0 Å². The second-order valence-corrected chi connectivity index (χ2v) is 8.39. The van der Waals surface area contributed by atoms with Crippen LogP contribution in [0.25, 0.3) is 0 Å². The van der Waals surface area contributed by atoms with Crippen LogP contribution in [0.1, 0.15) is 41.1 Å². The predicted molar refractivity (Wildman–Crippen MR) is 102 cm³/mol. The minimum absolute atomic E-state index is 0.0263. The molecule has 0 bridgehead atoms. The number of fused-ring (bicyclic) bond motifs is 1.